The lowest BCUT2D eigenvalue weighted by molar-refractivity contribution is -0.119. The summed E-state index contributed by atoms with van der Waals surface area (Å²) in [5.74, 6) is -0.0583. The van der Waals surface area contributed by atoms with Crippen LogP contribution in [0, 0.1) is 11.3 Å². The number of amides is 1. The molecule has 0 aromatic heterocycles. The molecule has 0 saturated carbocycles. The van der Waals surface area contributed by atoms with E-state index >= 15 is 0 Å². The van der Waals surface area contributed by atoms with Crippen molar-refractivity contribution in [3.8, 4) is 6.07 Å². The number of carbonyl (C=O) groups is 1. The summed E-state index contributed by atoms with van der Waals surface area (Å²) in [4.78, 5) is 16.2. The summed E-state index contributed by atoms with van der Waals surface area (Å²) in [6.07, 6.45) is 0.286. The van der Waals surface area contributed by atoms with E-state index in [2.05, 4.69) is 6.07 Å². The number of carbonyl (C=O) groups excluding carboxylic acids is 1. The predicted octanol–water partition coefficient (Wildman–Crippen LogP) is 4.37. The Balaban J connectivity index is 2.05. The number of nitrogens with zero attached hydrogens (tertiary/aromatic N) is 3. The Morgan fingerprint density at radius 1 is 1.12 bits per heavy atom. The molecule has 0 atom stereocenters. The number of halogens is 2. The zero-order chi connectivity index (χ0) is 18.2. The molecular formula is C19H19Cl2N3O. The molecule has 6 heteroatoms. The second-order valence-corrected chi connectivity index (χ2v) is 6.61. The van der Waals surface area contributed by atoms with E-state index in [1.54, 1.807) is 11.0 Å². The number of likely N-dealkylation sites (N-methyl/N-ethyl adjacent to an activating group) is 1. The van der Waals surface area contributed by atoms with E-state index in [9.17, 15) is 4.79 Å². The van der Waals surface area contributed by atoms with Gasteiger partial charge in [0.1, 0.15) is 0 Å². The van der Waals surface area contributed by atoms with Crippen LogP contribution < -0.4 is 4.90 Å². The molecule has 4 nitrogen and oxygen atoms in total. The fraction of sp³-hybridized carbons (Fsp3) is 0.263. The lowest BCUT2D eigenvalue weighted by Crippen LogP contribution is -2.39. The van der Waals surface area contributed by atoms with Crippen molar-refractivity contribution in [1.82, 2.24) is 4.90 Å². The molecule has 0 saturated heterocycles. The van der Waals surface area contributed by atoms with Gasteiger partial charge in [-0.1, -0.05) is 41.4 Å². The van der Waals surface area contributed by atoms with E-state index in [1.807, 2.05) is 54.4 Å². The van der Waals surface area contributed by atoms with Gasteiger partial charge in [-0.3, -0.25) is 9.69 Å². The number of rotatable bonds is 7. The van der Waals surface area contributed by atoms with E-state index in [1.165, 1.54) is 0 Å². The third kappa shape index (κ3) is 6.06. The largest absolute Gasteiger partial charge is 0.310 e. The number of para-hydroxylation sites is 1. The molecule has 1 amide bonds. The van der Waals surface area contributed by atoms with Gasteiger partial charge in [0.25, 0.3) is 0 Å². The van der Waals surface area contributed by atoms with Crippen molar-refractivity contribution in [2.45, 2.75) is 13.0 Å². The third-order valence-electron chi connectivity index (χ3n) is 3.60. The number of hydrogen-bond donors (Lipinski definition) is 0. The highest BCUT2D eigenvalue weighted by Crippen LogP contribution is 2.20. The first kappa shape index (κ1) is 19.3. The van der Waals surface area contributed by atoms with Crippen molar-refractivity contribution in [3.63, 3.8) is 0 Å². The summed E-state index contributed by atoms with van der Waals surface area (Å²) in [7, 11) is 1.86. The van der Waals surface area contributed by atoms with Crippen LogP contribution in [0.25, 0.3) is 0 Å². The quantitative estimate of drug-likeness (QED) is 0.721. The van der Waals surface area contributed by atoms with Gasteiger partial charge < -0.3 is 4.90 Å². The summed E-state index contributed by atoms with van der Waals surface area (Å²) in [6, 6.07) is 16.8. The summed E-state index contributed by atoms with van der Waals surface area (Å²) in [5.41, 5.74) is 1.73. The van der Waals surface area contributed by atoms with Gasteiger partial charge >= 0.3 is 0 Å². The van der Waals surface area contributed by atoms with Gasteiger partial charge in [-0.15, -0.1) is 0 Å². The van der Waals surface area contributed by atoms with Gasteiger partial charge in [0.2, 0.25) is 5.91 Å². The fourth-order valence-corrected chi connectivity index (χ4v) is 3.12. The topological polar surface area (TPSA) is 47.3 Å². The second kappa shape index (κ2) is 9.43. The van der Waals surface area contributed by atoms with Crippen LogP contribution >= 0.6 is 23.2 Å². The van der Waals surface area contributed by atoms with Gasteiger partial charge in [-0.2, -0.15) is 5.26 Å². The maximum Gasteiger partial charge on any atom is 0.241 e. The van der Waals surface area contributed by atoms with Crippen LogP contribution in [0.1, 0.15) is 12.0 Å². The molecule has 2 aromatic rings. The van der Waals surface area contributed by atoms with Crippen LogP contribution in [0.5, 0.6) is 0 Å². The smallest absolute Gasteiger partial charge is 0.241 e. The second-order valence-electron chi connectivity index (χ2n) is 5.74. The molecule has 2 aromatic carbocycles. The van der Waals surface area contributed by atoms with Crippen LogP contribution in [-0.4, -0.2) is 30.9 Å². The number of anilines is 1. The van der Waals surface area contributed by atoms with Crippen molar-refractivity contribution in [2.75, 3.05) is 25.0 Å². The van der Waals surface area contributed by atoms with Gasteiger partial charge in [0.05, 0.1) is 19.0 Å². The van der Waals surface area contributed by atoms with Crippen LogP contribution in [0.15, 0.2) is 48.5 Å². The molecule has 0 spiro atoms. The first-order valence-electron chi connectivity index (χ1n) is 7.85. The van der Waals surface area contributed by atoms with E-state index in [0.717, 1.165) is 11.3 Å². The van der Waals surface area contributed by atoms with Crippen LogP contribution in [-0.2, 0) is 11.3 Å². The van der Waals surface area contributed by atoms with Crippen molar-refractivity contribution in [1.29, 1.82) is 5.26 Å². The monoisotopic (exact) mass is 375 g/mol. The Hall–Kier alpha value is -2.06. The fourth-order valence-electron chi connectivity index (χ4n) is 2.55. The summed E-state index contributed by atoms with van der Waals surface area (Å²) < 4.78 is 0. The molecule has 0 aliphatic carbocycles. The predicted molar refractivity (Wildman–Crippen MR) is 102 cm³/mol. The van der Waals surface area contributed by atoms with Crippen molar-refractivity contribution >= 4 is 34.8 Å². The van der Waals surface area contributed by atoms with E-state index < -0.39 is 0 Å². The average molecular weight is 376 g/mol. The lowest BCUT2D eigenvalue weighted by atomic mass is 10.2. The minimum Gasteiger partial charge on any atom is -0.310 e. The van der Waals surface area contributed by atoms with Gasteiger partial charge in [0, 0.05) is 28.8 Å². The highest BCUT2D eigenvalue weighted by atomic mass is 35.5. The van der Waals surface area contributed by atoms with Gasteiger partial charge in [0.15, 0.2) is 0 Å². The van der Waals surface area contributed by atoms with Crippen molar-refractivity contribution < 1.29 is 4.79 Å². The Labute approximate surface area is 158 Å². The van der Waals surface area contributed by atoms with Crippen molar-refractivity contribution in [3.05, 3.63) is 64.1 Å². The first-order chi connectivity index (χ1) is 12.0. The molecule has 0 fully saturated rings. The molecule has 0 aliphatic heterocycles. The van der Waals surface area contributed by atoms with E-state index in [4.69, 9.17) is 28.5 Å². The maximum absolute atomic E-state index is 12.7. The van der Waals surface area contributed by atoms with Crippen LogP contribution in [0.3, 0.4) is 0 Å². The Bertz CT molecular complexity index is 739. The number of hydrogen-bond acceptors (Lipinski definition) is 3. The molecule has 0 unspecified atom stereocenters. The minimum absolute atomic E-state index is 0.0583. The van der Waals surface area contributed by atoms with Gasteiger partial charge in [-0.25, -0.2) is 0 Å². The lowest BCUT2D eigenvalue weighted by Gasteiger charge is -2.25. The molecule has 0 bridgehead atoms. The Morgan fingerprint density at radius 2 is 1.76 bits per heavy atom. The zero-order valence-corrected chi connectivity index (χ0v) is 15.5. The highest BCUT2D eigenvalue weighted by Gasteiger charge is 2.17. The zero-order valence-electron chi connectivity index (χ0n) is 14.0. The van der Waals surface area contributed by atoms with Gasteiger partial charge in [-0.05, 0) is 42.9 Å². The normalized spacial score (nSPS) is 10.5. The summed E-state index contributed by atoms with van der Waals surface area (Å²) in [5, 5.41) is 9.99. The van der Waals surface area contributed by atoms with Crippen LogP contribution in [0.2, 0.25) is 10.0 Å². The first-order valence-corrected chi connectivity index (χ1v) is 8.61. The summed E-state index contributed by atoms with van der Waals surface area (Å²) in [6.45, 7) is 1.15. The highest BCUT2D eigenvalue weighted by molar-refractivity contribution is 6.34. The molecule has 130 valence electrons. The van der Waals surface area contributed by atoms with E-state index in [0.29, 0.717) is 23.1 Å². The van der Waals surface area contributed by atoms with E-state index in [-0.39, 0.29) is 18.9 Å². The Kier molecular flexibility index (Phi) is 7.27. The van der Waals surface area contributed by atoms with Crippen LogP contribution in [0.4, 0.5) is 5.69 Å². The molecule has 0 heterocycles. The number of nitriles is 1. The molecule has 0 aliphatic rings. The maximum atomic E-state index is 12.7. The Morgan fingerprint density at radius 3 is 2.36 bits per heavy atom. The molecular weight excluding hydrogens is 357 g/mol. The third-order valence-corrected chi connectivity index (χ3v) is 4.03. The molecule has 0 N–H and O–H groups in total. The standard InChI is InChI=1S/C19H19Cl2N3O/c1-23(13-15-10-16(20)12-17(21)11-15)14-19(25)24(9-5-8-22)18-6-3-2-4-7-18/h2-4,6-7,10-12H,5,9,13-14H2,1H3. The SMILES string of the molecule is CN(CC(=O)N(CCC#N)c1ccccc1)Cc1cc(Cl)cc(Cl)c1. The number of benzene rings is 2. The summed E-state index contributed by atoms with van der Waals surface area (Å²) >= 11 is 12.0. The molecule has 0 radical (unpaired) electrons. The molecule has 2 rings (SSSR count). The minimum atomic E-state index is -0.0583. The average Bonchev–Trinajstić information content (AvgIpc) is 2.55. The van der Waals surface area contributed by atoms with Crippen molar-refractivity contribution in [2.24, 2.45) is 0 Å². The molecule has 25 heavy (non-hydrogen) atoms.